The van der Waals surface area contributed by atoms with Crippen LogP contribution in [-0.2, 0) is 6.54 Å². The predicted octanol–water partition coefficient (Wildman–Crippen LogP) is 4.37. The summed E-state index contributed by atoms with van der Waals surface area (Å²) in [4.78, 5) is 2.31. The van der Waals surface area contributed by atoms with E-state index >= 15 is 0 Å². The average molecular weight is 319 g/mol. The normalized spacial score (nSPS) is 10.5. The number of benzene rings is 2. The number of anilines is 2. The quantitative estimate of drug-likeness (QED) is 0.906. The predicted molar refractivity (Wildman–Crippen MR) is 85.9 cm³/mol. The molecule has 0 heterocycles. The van der Waals surface area contributed by atoms with E-state index in [2.05, 4.69) is 77.1 Å². The van der Waals surface area contributed by atoms with E-state index in [9.17, 15) is 0 Å². The van der Waals surface area contributed by atoms with Crippen LogP contribution < -0.4 is 10.6 Å². The molecule has 2 aromatic rings. The van der Waals surface area contributed by atoms with Crippen LogP contribution in [0.15, 0.2) is 46.9 Å². The SMILES string of the molecule is CCN(c1ccc(CN)c(Br)c1)c1ccccc1C. The molecule has 0 saturated carbocycles. The molecule has 2 aromatic carbocycles. The molecule has 0 amide bonds. The van der Waals surface area contributed by atoms with Gasteiger partial charge in [0.15, 0.2) is 0 Å². The summed E-state index contributed by atoms with van der Waals surface area (Å²) in [5, 5.41) is 0. The van der Waals surface area contributed by atoms with E-state index in [0.717, 1.165) is 16.6 Å². The van der Waals surface area contributed by atoms with Crippen molar-refractivity contribution in [3.63, 3.8) is 0 Å². The zero-order chi connectivity index (χ0) is 13.8. The molecule has 100 valence electrons. The van der Waals surface area contributed by atoms with Crippen LogP contribution in [-0.4, -0.2) is 6.54 Å². The second kappa shape index (κ2) is 6.22. The van der Waals surface area contributed by atoms with Gasteiger partial charge in [0.25, 0.3) is 0 Å². The molecule has 2 rings (SSSR count). The van der Waals surface area contributed by atoms with E-state index in [1.165, 1.54) is 16.9 Å². The Kier molecular flexibility index (Phi) is 4.61. The first-order valence-electron chi connectivity index (χ1n) is 6.49. The Bertz CT molecular complexity index is 566. The van der Waals surface area contributed by atoms with Crippen molar-refractivity contribution >= 4 is 27.3 Å². The van der Waals surface area contributed by atoms with Gasteiger partial charge in [-0.1, -0.05) is 40.2 Å². The molecule has 0 fully saturated rings. The summed E-state index contributed by atoms with van der Waals surface area (Å²) in [6, 6.07) is 14.8. The van der Waals surface area contributed by atoms with E-state index in [-0.39, 0.29) is 0 Å². The molecule has 0 saturated heterocycles. The lowest BCUT2D eigenvalue weighted by Crippen LogP contribution is -2.17. The molecule has 2 N–H and O–H groups in total. The van der Waals surface area contributed by atoms with Gasteiger partial charge < -0.3 is 10.6 Å². The van der Waals surface area contributed by atoms with Gasteiger partial charge in [0.05, 0.1) is 0 Å². The van der Waals surface area contributed by atoms with Gasteiger partial charge in [0.1, 0.15) is 0 Å². The fourth-order valence-electron chi connectivity index (χ4n) is 2.23. The van der Waals surface area contributed by atoms with Gasteiger partial charge in [-0.3, -0.25) is 0 Å². The van der Waals surface area contributed by atoms with Crippen LogP contribution in [0.3, 0.4) is 0 Å². The number of hydrogen-bond donors (Lipinski definition) is 1. The minimum Gasteiger partial charge on any atom is -0.342 e. The van der Waals surface area contributed by atoms with Crippen molar-refractivity contribution < 1.29 is 0 Å². The maximum Gasteiger partial charge on any atom is 0.0440 e. The Balaban J connectivity index is 2.43. The molecule has 19 heavy (non-hydrogen) atoms. The van der Waals surface area contributed by atoms with Crippen molar-refractivity contribution in [1.29, 1.82) is 0 Å². The average Bonchev–Trinajstić information content (AvgIpc) is 2.42. The number of nitrogens with two attached hydrogens (primary N) is 1. The second-order valence-corrected chi connectivity index (χ2v) is 5.36. The zero-order valence-electron chi connectivity index (χ0n) is 11.4. The maximum atomic E-state index is 5.70. The van der Waals surface area contributed by atoms with E-state index in [4.69, 9.17) is 5.73 Å². The van der Waals surface area contributed by atoms with Crippen LogP contribution in [0, 0.1) is 6.92 Å². The molecule has 0 aliphatic rings. The lowest BCUT2D eigenvalue weighted by atomic mass is 10.1. The van der Waals surface area contributed by atoms with E-state index < -0.39 is 0 Å². The Morgan fingerprint density at radius 1 is 1.16 bits per heavy atom. The monoisotopic (exact) mass is 318 g/mol. The lowest BCUT2D eigenvalue weighted by molar-refractivity contribution is 1.01. The third kappa shape index (κ3) is 2.99. The first-order valence-corrected chi connectivity index (χ1v) is 7.28. The first kappa shape index (κ1) is 14.1. The highest BCUT2D eigenvalue weighted by molar-refractivity contribution is 9.10. The molecule has 0 bridgehead atoms. The van der Waals surface area contributed by atoms with Crippen LogP contribution in [0.25, 0.3) is 0 Å². The highest BCUT2D eigenvalue weighted by Crippen LogP contribution is 2.31. The van der Waals surface area contributed by atoms with Gasteiger partial charge >= 0.3 is 0 Å². The summed E-state index contributed by atoms with van der Waals surface area (Å²) in [7, 11) is 0. The van der Waals surface area contributed by atoms with E-state index in [1.807, 2.05) is 0 Å². The molecule has 0 aliphatic carbocycles. The standard InChI is InChI=1S/C16H19BrN2/c1-3-19(16-7-5-4-6-12(16)2)14-9-8-13(11-18)15(17)10-14/h4-10H,3,11,18H2,1-2H3. The first-order chi connectivity index (χ1) is 9.17. The molecule has 0 atom stereocenters. The van der Waals surface area contributed by atoms with E-state index in [0.29, 0.717) is 6.54 Å². The van der Waals surface area contributed by atoms with Gasteiger partial charge in [-0.15, -0.1) is 0 Å². The minimum atomic E-state index is 0.553. The number of aryl methyl sites for hydroxylation is 1. The number of hydrogen-bond acceptors (Lipinski definition) is 2. The van der Waals surface area contributed by atoms with E-state index in [1.54, 1.807) is 0 Å². The summed E-state index contributed by atoms with van der Waals surface area (Å²) in [5.74, 6) is 0. The number of rotatable bonds is 4. The van der Waals surface area contributed by atoms with Gasteiger partial charge in [0.2, 0.25) is 0 Å². The Hall–Kier alpha value is -1.32. The molecule has 2 nitrogen and oxygen atoms in total. The molecule has 0 spiro atoms. The fourth-order valence-corrected chi connectivity index (χ4v) is 2.76. The lowest BCUT2D eigenvalue weighted by Gasteiger charge is -2.25. The summed E-state index contributed by atoms with van der Waals surface area (Å²) < 4.78 is 1.07. The maximum absolute atomic E-state index is 5.70. The summed E-state index contributed by atoms with van der Waals surface area (Å²) in [5.41, 5.74) is 10.5. The zero-order valence-corrected chi connectivity index (χ0v) is 12.9. The number of nitrogens with zero attached hydrogens (tertiary/aromatic N) is 1. The number of halogens is 1. The van der Waals surface area contributed by atoms with Gasteiger partial charge in [0, 0.05) is 28.9 Å². The van der Waals surface area contributed by atoms with Gasteiger partial charge in [-0.05, 0) is 43.2 Å². The van der Waals surface area contributed by atoms with Crippen molar-refractivity contribution in [2.45, 2.75) is 20.4 Å². The molecule has 0 unspecified atom stereocenters. The van der Waals surface area contributed by atoms with Crippen molar-refractivity contribution in [3.8, 4) is 0 Å². The van der Waals surface area contributed by atoms with Gasteiger partial charge in [-0.2, -0.15) is 0 Å². The van der Waals surface area contributed by atoms with Crippen molar-refractivity contribution in [2.24, 2.45) is 5.73 Å². The minimum absolute atomic E-state index is 0.553. The molecular formula is C16H19BrN2. The largest absolute Gasteiger partial charge is 0.342 e. The topological polar surface area (TPSA) is 29.3 Å². The molecule has 0 radical (unpaired) electrons. The highest BCUT2D eigenvalue weighted by atomic mass is 79.9. The third-order valence-corrected chi connectivity index (χ3v) is 4.03. The molecule has 3 heteroatoms. The van der Waals surface area contributed by atoms with Crippen molar-refractivity contribution in [3.05, 3.63) is 58.1 Å². The third-order valence-electron chi connectivity index (χ3n) is 3.29. The van der Waals surface area contributed by atoms with Crippen LogP contribution in [0.5, 0.6) is 0 Å². The van der Waals surface area contributed by atoms with Crippen LogP contribution in [0.2, 0.25) is 0 Å². The van der Waals surface area contributed by atoms with Crippen molar-refractivity contribution in [2.75, 3.05) is 11.4 Å². The highest BCUT2D eigenvalue weighted by Gasteiger charge is 2.10. The smallest absolute Gasteiger partial charge is 0.0440 e. The fraction of sp³-hybridized carbons (Fsp3) is 0.250. The second-order valence-electron chi connectivity index (χ2n) is 4.51. The Morgan fingerprint density at radius 3 is 2.47 bits per heavy atom. The molecule has 0 aliphatic heterocycles. The van der Waals surface area contributed by atoms with Crippen molar-refractivity contribution in [1.82, 2.24) is 0 Å². The van der Waals surface area contributed by atoms with Crippen LogP contribution in [0.4, 0.5) is 11.4 Å². The Morgan fingerprint density at radius 2 is 1.89 bits per heavy atom. The Labute approximate surface area is 123 Å². The van der Waals surface area contributed by atoms with Crippen LogP contribution >= 0.6 is 15.9 Å². The van der Waals surface area contributed by atoms with Crippen LogP contribution in [0.1, 0.15) is 18.1 Å². The summed E-state index contributed by atoms with van der Waals surface area (Å²) >= 11 is 3.59. The summed E-state index contributed by atoms with van der Waals surface area (Å²) in [6.45, 7) is 5.79. The number of para-hydroxylation sites is 1. The molecule has 0 aromatic heterocycles. The summed E-state index contributed by atoms with van der Waals surface area (Å²) in [6.07, 6.45) is 0. The molecular weight excluding hydrogens is 300 g/mol. The van der Waals surface area contributed by atoms with Gasteiger partial charge in [-0.25, -0.2) is 0 Å².